The first kappa shape index (κ1) is 10.8. The molecule has 0 heterocycles. The summed E-state index contributed by atoms with van der Waals surface area (Å²) in [6, 6.07) is 0. The molecule has 0 radical (unpaired) electrons. The summed E-state index contributed by atoms with van der Waals surface area (Å²) in [7, 11) is 0. The smallest absolute Gasteiger partial charge is 0.138 e. The second-order valence-corrected chi connectivity index (χ2v) is 5.98. The van der Waals surface area contributed by atoms with Gasteiger partial charge in [-0.1, -0.05) is 19.3 Å². The molecule has 4 rings (SSSR count). The number of ether oxygens (including phenoxy) is 1. The molecule has 0 N–H and O–H groups in total. The first-order chi connectivity index (χ1) is 7.77. The van der Waals surface area contributed by atoms with Gasteiger partial charge < -0.3 is 4.74 Å². The van der Waals surface area contributed by atoms with Crippen molar-refractivity contribution in [1.29, 1.82) is 0 Å². The summed E-state index contributed by atoms with van der Waals surface area (Å²) in [4.78, 5) is 11.8. The summed E-state index contributed by atoms with van der Waals surface area (Å²) in [5, 5.41) is 0. The number of Topliss-reactive ketones (excluding diaryl/α,β-unsaturated/α-hetero) is 1. The fourth-order valence-electron chi connectivity index (χ4n) is 3.80. The summed E-state index contributed by atoms with van der Waals surface area (Å²) in [6.07, 6.45) is 12.1. The summed E-state index contributed by atoms with van der Waals surface area (Å²) >= 11 is 0. The van der Waals surface area contributed by atoms with Gasteiger partial charge in [-0.05, 0) is 38.5 Å². The molecule has 0 aromatic carbocycles. The monoisotopic (exact) mass is 222 g/mol. The second-order valence-electron chi connectivity index (χ2n) is 5.98. The van der Waals surface area contributed by atoms with Crippen molar-refractivity contribution >= 4 is 5.78 Å². The van der Waals surface area contributed by atoms with Crippen molar-refractivity contribution in [2.45, 2.75) is 75.9 Å². The third-order valence-corrected chi connectivity index (χ3v) is 4.82. The zero-order valence-electron chi connectivity index (χ0n) is 10.0. The van der Waals surface area contributed by atoms with Crippen molar-refractivity contribution in [2.24, 2.45) is 5.92 Å². The maximum atomic E-state index is 11.8. The van der Waals surface area contributed by atoms with E-state index >= 15 is 0 Å². The first-order valence-electron chi connectivity index (χ1n) is 6.98. The van der Waals surface area contributed by atoms with Gasteiger partial charge >= 0.3 is 0 Å². The van der Waals surface area contributed by atoms with Gasteiger partial charge in [-0.25, -0.2) is 0 Å². The molecule has 2 heteroatoms. The first-order valence-corrected chi connectivity index (χ1v) is 6.98. The number of rotatable bonds is 2. The lowest BCUT2D eigenvalue weighted by atomic mass is 9.67. The van der Waals surface area contributed by atoms with Crippen LogP contribution in [0.3, 0.4) is 0 Å². The van der Waals surface area contributed by atoms with Crippen molar-refractivity contribution in [3.8, 4) is 0 Å². The summed E-state index contributed by atoms with van der Waals surface area (Å²) in [6.45, 7) is 0. The van der Waals surface area contributed by atoms with Crippen LogP contribution < -0.4 is 0 Å². The van der Waals surface area contributed by atoms with Gasteiger partial charge in [0, 0.05) is 12.3 Å². The van der Waals surface area contributed by atoms with Crippen molar-refractivity contribution < 1.29 is 9.53 Å². The lowest BCUT2D eigenvalue weighted by Crippen LogP contribution is -2.49. The van der Waals surface area contributed by atoms with E-state index in [1.165, 1.54) is 32.1 Å². The van der Waals surface area contributed by atoms with E-state index in [4.69, 9.17) is 4.74 Å². The van der Waals surface area contributed by atoms with Crippen LogP contribution in [0.4, 0.5) is 0 Å². The van der Waals surface area contributed by atoms with E-state index < -0.39 is 0 Å². The molecule has 0 aliphatic heterocycles. The molecule has 4 fully saturated rings. The minimum Gasteiger partial charge on any atom is -0.371 e. The third-order valence-electron chi connectivity index (χ3n) is 4.82. The number of fused-ring (bicyclic) bond motifs is 3. The highest BCUT2D eigenvalue weighted by molar-refractivity contribution is 5.83. The minimum absolute atomic E-state index is 0.0339. The molecule has 0 spiro atoms. The standard InChI is InChI=1S/C14H22O2/c15-13-10-14(8-6-11(13)7-9-14)16-12-4-2-1-3-5-12/h11-12H,1-10H2. The Bertz CT molecular complexity index is 270. The summed E-state index contributed by atoms with van der Waals surface area (Å²) in [5.41, 5.74) is -0.0339. The van der Waals surface area contributed by atoms with Gasteiger partial charge in [0.05, 0.1) is 11.7 Å². The van der Waals surface area contributed by atoms with Gasteiger partial charge in [0.1, 0.15) is 5.78 Å². The van der Waals surface area contributed by atoms with E-state index in [1.54, 1.807) is 0 Å². The van der Waals surface area contributed by atoms with E-state index in [-0.39, 0.29) is 5.60 Å². The lowest BCUT2D eigenvalue weighted by Gasteiger charge is -2.47. The molecule has 0 aromatic rings. The Hall–Kier alpha value is -0.370. The van der Waals surface area contributed by atoms with Gasteiger partial charge in [0.25, 0.3) is 0 Å². The van der Waals surface area contributed by atoms with Crippen LogP contribution in [0.1, 0.15) is 64.2 Å². The van der Waals surface area contributed by atoms with Gasteiger partial charge in [-0.3, -0.25) is 4.79 Å². The van der Waals surface area contributed by atoms with Gasteiger partial charge in [0.2, 0.25) is 0 Å². The second kappa shape index (κ2) is 4.14. The molecule has 0 saturated heterocycles. The fourth-order valence-corrected chi connectivity index (χ4v) is 3.80. The average molecular weight is 222 g/mol. The van der Waals surface area contributed by atoms with E-state index in [0.29, 0.717) is 24.2 Å². The molecule has 0 unspecified atom stereocenters. The molecule has 2 bridgehead atoms. The van der Waals surface area contributed by atoms with Crippen LogP contribution in [0.25, 0.3) is 0 Å². The number of ketones is 1. The number of hydrogen-bond donors (Lipinski definition) is 0. The van der Waals surface area contributed by atoms with Crippen LogP contribution in [0.2, 0.25) is 0 Å². The molecule has 90 valence electrons. The third kappa shape index (κ3) is 1.92. The maximum Gasteiger partial charge on any atom is 0.138 e. The molecule has 4 saturated carbocycles. The topological polar surface area (TPSA) is 26.3 Å². The Labute approximate surface area is 97.7 Å². The Morgan fingerprint density at radius 3 is 2.31 bits per heavy atom. The highest BCUT2D eigenvalue weighted by Gasteiger charge is 2.47. The van der Waals surface area contributed by atoms with E-state index in [1.807, 2.05) is 0 Å². The van der Waals surface area contributed by atoms with Crippen molar-refractivity contribution in [2.75, 3.05) is 0 Å². The molecule has 2 nitrogen and oxygen atoms in total. The van der Waals surface area contributed by atoms with E-state index in [2.05, 4.69) is 0 Å². The number of carbonyl (C=O) groups is 1. The normalized spacial score (nSPS) is 40.2. The van der Waals surface area contributed by atoms with Crippen LogP contribution in [0.5, 0.6) is 0 Å². The van der Waals surface area contributed by atoms with Gasteiger partial charge in [-0.15, -0.1) is 0 Å². The van der Waals surface area contributed by atoms with E-state index in [9.17, 15) is 4.79 Å². The molecule has 16 heavy (non-hydrogen) atoms. The van der Waals surface area contributed by atoms with Crippen LogP contribution in [0, 0.1) is 5.92 Å². The Balaban J connectivity index is 1.65. The van der Waals surface area contributed by atoms with Crippen LogP contribution >= 0.6 is 0 Å². The van der Waals surface area contributed by atoms with Crippen LogP contribution in [0.15, 0.2) is 0 Å². The van der Waals surface area contributed by atoms with Crippen molar-refractivity contribution in [1.82, 2.24) is 0 Å². The molecule has 0 aromatic heterocycles. The van der Waals surface area contributed by atoms with Gasteiger partial charge in [-0.2, -0.15) is 0 Å². The predicted octanol–water partition coefficient (Wildman–Crippen LogP) is 3.24. The summed E-state index contributed by atoms with van der Waals surface area (Å²) in [5.74, 6) is 0.866. The Kier molecular flexibility index (Phi) is 2.78. The van der Waals surface area contributed by atoms with Crippen LogP contribution in [-0.4, -0.2) is 17.5 Å². The zero-order chi connectivity index (χ0) is 11.0. The average Bonchev–Trinajstić information content (AvgIpc) is 2.31. The Morgan fingerprint density at radius 1 is 1.00 bits per heavy atom. The SMILES string of the molecule is O=C1CC2(OC3CCCCC3)CCC1CC2. The van der Waals surface area contributed by atoms with Crippen LogP contribution in [-0.2, 0) is 9.53 Å². The quantitative estimate of drug-likeness (QED) is 0.717. The predicted molar refractivity (Wildman–Crippen MR) is 62.3 cm³/mol. The van der Waals surface area contributed by atoms with E-state index in [0.717, 1.165) is 25.7 Å². The number of carbonyl (C=O) groups excluding carboxylic acids is 1. The molecule has 4 aliphatic carbocycles. The largest absolute Gasteiger partial charge is 0.371 e. The lowest BCUT2D eigenvalue weighted by molar-refractivity contribution is -0.167. The Morgan fingerprint density at radius 2 is 1.69 bits per heavy atom. The van der Waals surface area contributed by atoms with Crippen molar-refractivity contribution in [3.63, 3.8) is 0 Å². The minimum atomic E-state index is -0.0339. The van der Waals surface area contributed by atoms with Crippen molar-refractivity contribution in [3.05, 3.63) is 0 Å². The van der Waals surface area contributed by atoms with Gasteiger partial charge in [0.15, 0.2) is 0 Å². The maximum absolute atomic E-state index is 11.8. The molecular weight excluding hydrogens is 200 g/mol. The molecule has 0 atom stereocenters. The number of hydrogen-bond acceptors (Lipinski definition) is 2. The highest BCUT2D eigenvalue weighted by atomic mass is 16.5. The zero-order valence-corrected chi connectivity index (χ0v) is 10.0. The molecule has 4 aliphatic rings. The summed E-state index contributed by atoms with van der Waals surface area (Å²) < 4.78 is 6.36. The fraction of sp³-hybridized carbons (Fsp3) is 0.929. The molecule has 0 amide bonds. The molecular formula is C14H22O2. The highest BCUT2D eigenvalue weighted by Crippen LogP contribution is 2.46.